The van der Waals surface area contributed by atoms with Gasteiger partial charge in [-0.05, 0) is 36.4 Å². The summed E-state index contributed by atoms with van der Waals surface area (Å²) in [5.41, 5.74) is 1.48. The Labute approximate surface area is 160 Å². The van der Waals surface area contributed by atoms with E-state index in [0.717, 1.165) is 18.9 Å². The molecule has 9 heteroatoms. The van der Waals surface area contributed by atoms with Crippen molar-refractivity contribution in [3.8, 4) is 0 Å². The molecule has 0 spiro atoms. The average Bonchev–Trinajstić information content (AvgIpc) is 3.03. The van der Waals surface area contributed by atoms with Gasteiger partial charge in [0.15, 0.2) is 4.34 Å². The summed E-state index contributed by atoms with van der Waals surface area (Å²) < 4.78 is 27.1. The summed E-state index contributed by atoms with van der Waals surface area (Å²) in [4.78, 5) is 16.8. The summed E-state index contributed by atoms with van der Waals surface area (Å²) >= 11 is 2.93. The molecule has 0 saturated carbocycles. The maximum atomic E-state index is 12.1. The number of para-hydroxylation sites is 1. The molecule has 3 aromatic rings. The van der Waals surface area contributed by atoms with Crippen LogP contribution < -0.4 is 5.32 Å². The van der Waals surface area contributed by atoms with E-state index in [4.69, 9.17) is 0 Å². The third kappa shape index (κ3) is 4.24. The minimum atomic E-state index is -3.47. The minimum absolute atomic E-state index is 0.169. The number of hydrogen-bond donors (Lipinski definition) is 1. The van der Waals surface area contributed by atoms with Crippen LogP contribution in [0, 0.1) is 0 Å². The summed E-state index contributed by atoms with van der Waals surface area (Å²) in [6, 6.07) is 14.0. The van der Waals surface area contributed by atoms with Gasteiger partial charge in [-0.3, -0.25) is 4.79 Å². The average molecular weight is 408 g/mol. The Morgan fingerprint density at radius 1 is 1.15 bits per heavy atom. The largest absolute Gasteiger partial charge is 0.325 e. The maximum absolute atomic E-state index is 12.1. The van der Waals surface area contributed by atoms with E-state index in [1.165, 1.54) is 38.0 Å². The van der Waals surface area contributed by atoms with E-state index in [2.05, 4.69) is 10.3 Å². The van der Waals surface area contributed by atoms with E-state index >= 15 is 0 Å². The zero-order valence-electron chi connectivity index (χ0n) is 14.2. The standard InChI is InChI=1S/C17H17N3O3S3/c1-20(2)26(22,23)13-9-7-12(8-10-13)18-16(21)11-24-17-19-14-5-3-4-6-15(14)25-17/h3-10H,11H2,1-2H3,(H,18,21). The minimum Gasteiger partial charge on any atom is -0.325 e. The number of thiazole rings is 1. The molecule has 1 heterocycles. The number of carbonyl (C=O) groups is 1. The smallest absolute Gasteiger partial charge is 0.242 e. The van der Waals surface area contributed by atoms with E-state index in [9.17, 15) is 13.2 Å². The van der Waals surface area contributed by atoms with Crippen molar-refractivity contribution in [1.82, 2.24) is 9.29 Å². The molecule has 1 amide bonds. The molecule has 136 valence electrons. The van der Waals surface area contributed by atoms with Crippen molar-refractivity contribution < 1.29 is 13.2 Å². The van der Waals surface area contributed by atoms with E-state index in [-0.39, 0.29) is 16.6 Å². The van der Waals surface area contributed by atoms with Crippen LogP contribution in [0.25, 0.3) is 10.2 Å². The van der Waals surface area contributed by atoms with Crippen LogP contribution in [0.1, 0.15) is 0 Å². The Kier molecular flexibility index (Phi) is 5.61. The van der Waals surface area contributed by atoms with Crippen molar-refractivity contribution in [2.24, 2.45) is 0 Å². The summed E-state index contributed by atoms with van der Waals surface area (Å²) in [5.74, 6) is 0.0647. The van der Waals surface area contributed by atoms with Crippen LogP contribution in [0.4, 0.5) is 5.69 Å². The summed E-state index contributed by atoms with van der Waals surface area (Å²) in [6.07, 6.45) is 0. The van der Waals surface area contributed by atoms with Crippen LogP contribution in [0.15, 0.2) is 57.8 Å². The lowest BCUT2D eigenvalue weighted by molar-refractivity contribution is -0.113. The van der Waals surface area contributed by atoms with Gasteiger partial charge in [-0.2, -0.15) is 0 Å². The molecule has 3 rings (SSSR count). The summed E-state index contributed by atoms with van der Waals surface area (Å²) in [5, 5.41) is 2.76. The van der Waals surface area contributed by atoms with Crippen molar-refractivity contribution in [2.45, 2.75) is 9.24 Å². The third-order valence-corrected chi connectivity index (χ3v) is 7.53. The van der Waals surface area contributed by atoms with Gasteiger partial charge in [0.25, 0.3) is 0 Å². The Hall–Kier alpha value is -1.94. The molecule has 0 aliphatic heterocycles. The molecular formula is C17H17N3O3S3. The first-order valence-corrected chi connectivity index (χ1v) is 10.9. The number of thioether (sulfide) groups is 1. The Morgan fingerprint density at radius 3 is 2.50 bits per heavy atom. The zero-order chi connectivity index (χ0) is 18.7. The fourth-order valence-electron chi connectivity index (χ4n) is 2.16. The number of amides is 1. The van der Waals surface area contributed by atoms with Gasteiger partial charge in [0, 0.05) is 19.8 Å². The number of nitrogens with zero attached hydrogens (tertiary/aromatic N) is 2. The molecule has 0 atom stereocenters. The maximum Gasteiger partial charge on any atom is 0.242 e. The lowest BCUT2D eigenvalue weighted by Crippen LogP contribution is -2.22. The molecule has 0 bridgehead atoms. The third-order valence-electron chi connectivity index (χ3n) is 3.52. The van der Waals surface area contributed by atoms with E-state index in [1.807, 2.05) is 24.3 Å². The molecule has 1 aromatic heterocycles. The molecule has 0 radical (unpaired) electrons. The fourth-order valence-corrected chi connectivity index (χ4v) is 4.93. The number of hydrogen-bond acceptors (Lipinski definition) is 6. The number of aromatic nitrogens is 1. The normalized spacial score (nSPS) is 11.8. The van der Waals surface area contributed by atoms with Crippen molar-refractivity contribution >= 4 is 54.9 Å². The number of nitrogens with one attached hydrogen (secondary N) is 1. The van der Waals surface area contributed by atoms with Crippen LogP contribution in [-0.4, -0.2) is 43.5 Å². The van der Waals surface area contributed by atoms with Gasteiger partial charge in [-0.15, -0.1) is 11.3 Å². The molecule has 0 saturated heterocycles. The predicted octanol–water partition coefficient (Wildman–Crippen LogP) is 3.28. The van der Waals surface area contributed by atoms with Crippen molar-refractivity contribution in [3.05, 3.63) is 48.5 Å². The Morgan fingerprint density at radius 2 is 1.85 bits per heavy atom. The number of carbonyl (C=O) groups excluding carboxylic acids is 1. The van der Waals surface area contributed by atoms with Crippen molar-refractivity contribution in [3.63, 3.8) is 0 Å². The van der Waals surface area contributed by atoms with E-state index < -0.39 is 10.0 Å². The highest BCUT2D eigenvalue weighted by Gasteiger charge is 2.16. The monoisotopic (exact) mass is 407 g/mol. The highest BCUT2D eigenvalue weighted by molar-refractivity contribution is 8.01. The van der Waals surface area contributed by atoms with E-state index in [1.54, 1.807) is 23.5 Å². The second-order valence-electron chi connectivity index (χ2n) is 5.60. The number of benzene rings is 2. The first-order valence-electron chi connectivity index (χ1n) is 7.67. The summed E-state index contributed by atoms with van der Waals surface area (Å²) in [7, 11) is -0.519. The Balaban J connectivity index is 1.59. The van der Waals surface area contributed by atoms with Crippen LogP contribution >= 0.6 is 23.1 Å². The number of fused-ring (bicyclic) bond motifs is 1. The SMILES string of the molecule is CN(C)S(=O)(=O)c1ccc(NC(=O)CSc2nc3ccccc3s2)cc1. The lowest BCUT2D eigenvalue weighted by atomic mass is 10.3. The van der Waals surface area contributed by atoms with Gasteiger partial charge >= 0.3 is 0 Å². The highest BCUT2D eigenvalue weighted by atomic mass is 32.2. The molecule has 0 aliphatic rings. The van der Waals surface area contributed by atoms with Crippen LogP contribution in [0.3, 0.4) is 0 Å². The number of sulfonamides is 1. The number of rotatable bonds is 6. The van der Waals surface area contributed by atoms with Gasteiger partial charge in [0.2, 0.25) is 15.9 Å². The quantitative estimate of drug-likeness (QED) is 0.635. The molecule has 1 N–H and O–H groups in total. The lowest BCUT2D eigenvalue weighted by Gasteiger charge is -2.11. The Bertz CT molecular complexity index is 995. The first kappa shape index (κ1) is 18.8. The van der Waals surface area contributed by atoms with Crippen molar-refractivity contribution in [2.75, 3.05) is 25.2 Å². The van der Waals surface area contributed by atoms with Crippen LogP contribution in [-0.2, 0) is 14.8 Å². The van der Waals surface area contributed by atoms with Crippen molar-refractivity contribution in [1.29, 1.82) is 0 Å². The van der Waals surface area contributed by atoms with Gasteiger partial charge in [0.1, 0.15) is 0 Å². The first-order chi connectivity index (χ1) is 12.4. The molecule has 0 unspecified atom stereocenters. The van der Waals surface area contributed by atoms with E-state index in [0.29, 0.717) is 5.69 Å². The number of anilines is 1. The zero-order valence-corrected chi connectivity index (χ0v) is 16.6. The van der Waals surface area contributed by atoms with Gasteiger partial charge in [-0.1, -0.05) is 23.9 Å². The summed E-state index contributed by atoms with van der Waals surface area (Å²) in [6.45, 7) is 0. The predicted molar refractivity (Wildman–Crippen MR) is 106 cm³/mol. The van der Waals surface area contributed by atoms with Gasteiger partial charge in [0.05, 0.1) is 20.9 Å². The topological polar surface area (TPSA) is 79.4 Å². The van der Waals surface area contributed by atoms with Crippen LogP contribution in [0.5, 0.6) is 0 Å². The second kappa shape index (κ2) is 7.75. The molecule has 2 aromatic carbocycles. The van der Waals surface area contributed by atoms with Crippen LogP contribution in [0.2, 0.25) is 0 Å². The highest BCUT2D eigenvalue weighted by Crippen LogP contribution is 2.29. The molecule has 0 aliphatic carbocycles. The van der Waals surface area contributed by atoms with Gasteiger partial charge < -0.3 is 5.32 Å². The molecular weight excluding hydrogens is 390 g/mol. The van der Waals surface area contributed by atoms with Gasteiger partial charge in [-0.25, -0.2) is 17.7 Å². The molecule has 0 fully saturated rings. The fraction of sp³-hybridized carbons (Fsp3) is 0.176. The molecule has 6 nitrogen and oxygen atoms in total. The molecule has 26 heavy (non-hydrogen) atoms. The second-order valence-corrected chi connectivity index (χ2v) is 10.0.